The van der Waals surface area contributed by atoms with Gasteiger partial charge in [-0.1, -0.05) is 36.4 Å². The van der Waals surface area contributed by atoms with Gasteiger partial charge in [0, 0.05) is 12.0 Å². The molecule has 0 aliphatic carbocycles. The van der Waals surface area contributed by atoms with Crippen LogP contribution in [0.3, 0.4) is 0 Å². The predicted octanol–water partition coefficient (Wildman–Crippen LogP) is 0.756. The molecule has 0 radical (unpaired) electrons. The lowest BCUT2D eigenvalue weighted by Crippen LogP contribution is -2.59. The van der Waals surface area contributed by atoms with Crippen LogP contribution in [0.5, 0.6) is 5.75 Å². The smallest absolute Gasteiger partial charge is 0.322 e. The van der Waals surface area contributed by atoms with E-state index in [1.807, 2.05) is 30.3 Å². The second-order valence-electron chi connectivity index (χ2n) is 6.57. The van der Waals surface area contributed by atoms with Crippen LogP contribution in [0.2, 0.25) is 0 Å². The Morgan fingerprint density at radius 2 is 1.96 bits per heavy atom. The number of carbonyl (C=O) groups excluding carboxylic acids is 2. The lowest BCUT2D eigenvalue weighted by atomic mass is 9.88. The van der Waals surface area contributed by atoms with Crippen molar-refractivity contribution in [3.05, 3.63) is 54.1 Å². The number of urea groups is 1. The van der Waals surface area contributed by atoms with Crippen molar-refractivity contribution in [3.63, 3.8) is 0 Å². The number of hydrogen-bond donors (Lipinski definition) is 4. The third-order valence-electron chi connectivity index (χ3n) is 4.80. The zero-order valence-corrected chi connectivity index (χ0v) is 14.8. The van der Waals surface area contributed by atoms with E-state index in [1.54, 1.807) is 18.2 Å². The highest BCUT2D eigenvalue weighted by atomic mass is 17.2. The Morgan fingerprint density at radius 3 is 2.61 bits per heavy atom. The summed E-state index contributed by atoms with van der Waals surface area (Å²) >= 11 is 0. The largest absolute Gasteiger partial charge is 0.452 e. The second-order valence-corrected chi connectivity index (χ2v) is 6.57. The molecule has 2 bridgehead atoms. The monoisotopic (exact) mass is 386 g/mol. The van der Waals surface area contributed by atoms with E-state index in [4.69, 9.17) is 9.62 Å². The van der Waals surface area contributed by atoms with Crippen LogP contribution in [0.15, 0.2) is 48.5 Å². The molecule has 2 aromatic rings. The van der Waals surface area contributed by atoms with Crippen LogP contribution in [0.4, 0.5) is 4.79 Å². The van der Waals surface area contributed by atoms with Crippen LogP contribution in [-0.4, -0.2) is 41.1 Å². The zero-order chi connectivity index (χ0) is 19.9. The molecule has 1 fully saturated rings. The number of fused-ring (bicyclic) bond motifs is 2. The van der Waals surface area contributed by atoms with Crippen molar-refractivity contribution < 1.29 is 34.3 Å². The Balaban J connectivity index is 1.76. The van der Waals surface area contributed by atoms with Gasteiger partial charge in [-0.15, -0.1) is 0 Å². The number of amides is 3. The molecule has 2 aliphatic rings. The quantitative estimate of drug-likeness (QED) is 0.250. The van der Waals surface area contributed by atoms with Crippen molar-refractivity contribution in [2.45, 2.75) is 24.0 Å². The van der Waals surface area contributed by atoms with E-state index in [1.165, 1.54) is 0 Å². The summed E-state index contributed by atoms with van der Waals surface area (Å²) in [5.74, 6) is -5.27. The summed E-state index contributed by atoms with van der Waals surface area (Å²) in [5.41, 5.74) is 1.61. The number of benzene rings is 2. The van der Waals surface area contributed by atoms with Gasteiger partial charge in [0.2, 0.25) is 0 Å². The van der Waals surface area contributed by atoms with Crippen LogP contribution in [0, 0.1) is 0 Å². The van der Waals surface area contributed by atoms with E-state index < -0.39 is 36.0 Å². The third kappa shape index (κ3) is 2.81. The van der Waals surface area contributed by atoms with Crippen LogP contribution >= 0.6 is 0 Å². The van der Waals surface area contributed by atoms with Crippen molar-refractivity contribution in [2.24, 2.45) is 0 Å². The molecule has 1 saturated heterocycles. The summed E-state index contributed by atoms with van der Waals surface area (Å²) in [6.45, 7) is 0. The predicted molar refractivity (Wildman–Crippen MR) is 94.5 cm³/mol. The molecular formula is C19H18N2O7. The summed E-state index contributed by atoms with van der Waals surface area (Å²) in [7, 11) is 1.14. The highest BCUT2D eigenvalue weighted by Gasteiger charge is 2.61. The Hall–Kier alpha value is -2.98. The van der Waals surface area contributed by atoms with E-state index in [-0.39, 0.29) is 5.56 Å². The average Bonchev–Trinajstić information content (AvgIpc) is 3.12. The van der Waals surface area contributed by atoms with Crippen molar-refractivity contribution in [1.82, 2.24) is 10.6 Å². The van der Waals surface area contributed by atoms with Gasteiger partial charge in [0.1, 0.15) is 11.8 Å². The Kier molecular flexibility index (Phi) is 4.31. The Bertz CT molecular complexity index is 935. The fraction of sp³-hybridized carbons (Fsp3) is 0.263. The third-order valence-corrected chi connectivity index (χ3v) is 4.80. The number of nitrogens with one attached hydrogen (secondary N) is 2. The highest BCUT2D eigenvalue weighted by molar-refractivity contribution is 6.04. The molecule has 0 aromatic heterocycles. The molecule has 2 aliphatic heterocycles. The number of carbonyl (C=O) groups is 2. The van der Waals surface area contributed by atoms with Crippen molar-refractivity contribution in [3.8, 4) is 16.9 Å². The topological polar surface area (TPSA) is 126 Å². The van der Waals surface area contributed by atoms with Crippen molar-refractivity contribution >= 4 is 11.9 Å². The van der Waals surface area contributed by atoms with Gasteiger partial charge in [-0.25, -0.2) is 9.68 Å². The SMILES string of the molecule is COOC(O)(CC1NC(=O)NC1=O)C1(O)Oc2ccc(-c3ccccc3)c1c2. The summed E-state index contributed by atoms with van der Waals surface area (Å²) in [6, 6.07) is 12.3. The van der Waals surface area contributed by atoms with Gasteiger partial charge in [0.15, 0.2) is 0 Å². The van der Waals surface area contributed by atoms with Crippen molar-refractivity contribution in [2.75, 3.05) is 7.11 Å². The van der Waals surface area contributed by atoms with E-state index in [0.717, 1.165) is 12.7 Å². The molecule has 3 amide bonds. The first-order valence-electron chi connectivity index (χ1n) is 8.53. The van der Waals surface area contributed by atoms with E-state index >= 15 is 0 Å². The summed E-state index contributed by atoms with van der Waals surface area (Å²) in [6.07, 6.45) is -0.526. The highest BCUT2D eigenvalue weighted by Crippen LogP contribution is 2.48. The van der Waals surface area contributed by atoms with Gasteiger partial charge in [-0.05, 0) is 23.3 Å². The van der Waals surface area contributed by atoms with Gasteiger partial charge in [-0.3, -0.25) is 10.1 Å². The number of hydrogen-bond acceptors (Lipinski definition) is 7. The minimum atomic E-state index is -2.51. The minimum absolute atomic E-state index is 0.237. The van der Waals surface area contributed by atoms with E-state index in [2.05, 4.69) is 15.5 Å². The first-order valence-corrected chi connectivity index (χ1v) is 8.53. The van der Waals surface area contributed by atoms with Crippen LogP contribution in [0.25, 0.3) is 11.1 Å². The number of aliphatic hydroxyl groups is 2. The molecule has 0 spiro atoms. The van der Waals surface area contributed by atoms with Gasteiger partial charge in [0.25, 0.3) is 17.5 Å². The molecule has 2 aromatic carbocycles. The van der Waals surface area contributed by atoms with E-state index in [9.17, 15) is 19.8 Å². The number of imide groups is 1. The van der Waals surface area contributed by atoms with E-state index in [0.29, 0.717) is 11.3 Å². The number of ether oxygens (including phenoxy) is 1. The maximum Gasteiger partial charge on any atom is 0.322 e. The van der Waals surface area contributed by atoms with Gasteiger partial charge >= 0.3 is 6.03 Å². The molecule has 28 heavy (non-hydrogen) atoms. The minimum Gasteiger partial charge on any atom is -0.452 e. The molecule has 3 atom stereocenters. The maximum absolute atomic E-state index is 11.9. The summed E-state index contributed by atoms with van der Waals surface area (Å²) in [5, 5.41) is 27.0. The molecule has 4 rings (SSSR count). The standard InChI is InChI=1S/C19H18N2O7/c1-26-28-18(24,10-15-16(22)21-17(23)20-15)19(25)14-9-12(27-19)7-8-13(14)11-5-3-2-4-6-11/h2-9,15,24-25H,10H2,1H3,(H2,20,21,22,23). The molecule has 4 N–H and O–H groups in total. The Morgan fingerprint density at radius 1 is 1.21 bits per heavy atom. The van der Waals surface area contributed by atoms with Crippen LogP contribution < -0.4 is 15.4 Å². The fourth-order valence-electron chi connectivity index (χ4n) is 3.50. The molecule has 2 heterocycles. The zero-order valence-electron chi connectivity index (χ0n) is 14.8. The van der Waals surface area contributed by atoms with Gasteiger partial charge in [0.05, 0.1) is 7.11 Å². The normalized spacial score (nSPS) is 25.0. The first-order chi connectivity index (χ1) is 13.4. The maximum atomic E-state index is 11.9. The second kappa shape index (κ2) is 6.57. The molecule has 9 heteroatoms. The van der Waals surface area contributed by atoms with Crippen LogP contribution in [-0.2, 0) is 20.4 Å². The van der Waals surface area contributed by atoms with Crippen LogP contribution in [0.1, 0.15) is 12.0 Å². The molecule has 9 nitrogen and oxygen atoms in total. The van der Waals surface area contributed by atoms with Crippen molar-refractivity contribution in [1.29, 1.82) is 0 Å². The lowest BCUT2D eigenvalue weighted by molar-refractivity contribution is -0.479. The van der Waals surface area contributed by atoms with Gasteiger partial charge in [-0.2, -0.15) is 4.89 Å². The lowest BCUT2D eigenvalue weighted by Gasteiger charge is -2.39. The van der Waals surface area contributed by atoms with Gasteiger partial charge < -0.3 is 20.3 Å². The summed E-state index contributed by atoms with van der Waals surface area (Å²) < 4.78 is 5.59. The molecule has 0 saturated carbocycles. The fourth-order valence-corrected chi connectivity index (χ4v) is 3.50. The molecular weight excluding hydrogens is 368 g/mol. The number of rotatable bonds is 6. The molecule has 3 unspecified atom stereocenters. The first kappa shape index (κ1) is 18.4. The average molecular weight is 386 g/mol. The molecule has 146 valence electrons. The summed E-state index contributed by atoms with van der Waals surface area (Å²) in [4.78, 5) is 33.0. The Labute approximate surface area is 159 Å².